The lowest BCUT2D eigenvalue weighted by Crippen LogP contribution is -2.55. The molecule has 0 atom stereocenters. The minimum atomic E-state index is -4.80. The second kappa shape index (κ2) is 7.90. The van der Waals surface area contributed by atoms with Crippen LogP contribution in [0.25, 0.3) is 0 Å². The van der Waals surface area contributed by atoms with Gasteiger partial charge in [0.25, 0.3) is 0 Å². The van der Waals surface area contributed by atoms with Crippen molar-refractivity contribution in [3.63, 3.8) is 0 Å². The predicted molar refractivity (Wildman–Crippen MR) is 85.2 cm³/mol. The molecule has 0 aromatic heterocycles. The van der Waals surface area contributed by atoms with Crippen LogP contribution in [-0.2, 0) is 11.0 Å². The van der Waals surface area contributed by atoms with Crippen LogP contribution in [0.4, 0.5) is 28.0 Å². The first kappa shape index (κ1) is 20.0. The van der Waals surface area contributed by atoms with Crippen LogP contribution in [0.5, 0.6) is 0 Å². The SMILES string of the molecule is CCN(CC(=O)O)C1CC(NC(=O)Nc2ccc(F)cc2C(F)(F)F)C1. The zero-order valence-corrected chi connectivity index (χ0v) is 13.9. The number of likely N-dealkylation sites (N-methyl/N-ethyl adjacent to an activating group) is 1. The summed E-state index contributed by atoms with van der Waals surface area (Å²) in [4.78, 5) is 24.4. The third kappa shape index (κ3) is 5.07. The van der Waals surface area contributed by atoms with Gasteiger partial charge in [-0.3, -0.25) is 9.69 Å². The molecule has 1 aliphatic carbocycles. The number of urea groups is 1. The first-order valence-electron chi connectivity index (χ1n) is 8.00. The van der Waals surface area contributed by atoms with Gasteiger partial charge < -0.3 is 15.7 Å². The Hall–Kier alpha value is -2.36. The fraction of sp³-hybridized carbons (Fsp3) is 0.500. The lowest BCUT2D eigenvalue weighted by molar-refractivity contribution is -0.139. The first-order chi connectivity index (χ1) is 12.1. The number of benzene rings is 1. The van der Waals surface area contributed by atoms with Gasteiger partial charge in [0.2, 0.25) is 0 Å². The van der Waals surface area contributed by atoms with E-state index < -0.39 is 35.2 Å². The van der Waals surface area contributed by atoms with Gasteiger partial charge in [0.05, 0.1) is 17.8 Å². The van der Waals surface area contributed by atoms with E-state index in [0.29, 0.717) is 25.5 Å². The Bertz CT molecular complexity index is 675. The van der Waals surface area contributed by atoms with Crippen LogP contribution in [0.2, 0.25) is 0 Å². The van der Waals surface area contributed by atoms with Crippen molar-refractivity contribution in [1.82, 2.24) is 10.2 Å². The number of nitrogens with one attached hydrogen (secondary N) is 2. The van der Waals surface area contributed by atoms with Crippen molar-refractivity contribution in [1.29, 1.82) is 0 Å². The minimum absolute atomic E-state index is 0.00189. The number of carboxylic acid groups (broad SMARTS) is 1. The van der Waals surface area contributed by atoms with Gasteiger partial charge >= 0.3 is 18.2 Å². The van der Waals surface area contributed by atoms with Crippen molar-refractivity contribution in [2.24, 2.45) is 0 Å². The highest BCUT2D eigenvalue weighted by Crippen LogP contribution is 2.35. The fourth-order valence-electron chi connectivity index (χ4n) is 2.88. The number of hydrogen-bond acceptors (Lipinski definition) is 3. The lowest BCUT2D eigenvalue weighted by atomic mass is 9.85. The molecule has 0 aliphatic heterocycles. The summed E-state index contributed by atoms with van der Waals surface area (Å²) in [5, 5.41) is 13.5. The van der Waals surface area contributed by atoms with Crippen molar-refractivity contribution >= 4 is 17.7 Å². The van der Waals surface area contributed by atoms with Crippen LogP contribution in [0.1, 0.15) is 25.3 Å². The van der Waals surface area contributed by atoms with Gasteiger partial charge in [0.1, 0.15) is 5.82 Å². The molecule has 144 valence electrons. The molecule has 0 bridgehead atoms. The van der Waals surface area contributed by atoms with Crippen molar-refractivity contribution in [3.05, 3.63) is 29.6 Å². The molecule has 0 spiro atoms. The number of hydrogen-bond donors (Lipinski definition) is 3. The third-order valence-corrected chi connectivity index (χ3v) is 4.24. The lowest BCUT2D eigenvalue weighted by Gasteiger charge is -2.42. The quantitative estimate of drug-likeness (QED) is 0.666. The normalized spacial score (nSPS) is 19.8. The van der Waals surface area contributed by atoms with Gasteiger partial charge in [-0.25, -0.2) is 9.18 Å². The highest BCUT2D eigenvalue weighted by molar-refractivity contribution is 5.90. The van der Waals surface area contributed by atoms with Crippen molar-refractivity contribution in [3.8, 4) is 0 Å². The zero-order chi connectivity index (χ0) is 19.5. The Labute approximate surface area is 147 Å². The number of aliphatic carboxylic acids is 1. The van der Waals surface area contributed by atoms with E-state index in [1.165, 1.54) is 0 Å². The van der Waals surface area contributed by atoms with Crippen molar-refractivity contribution in [2.75, 3.05) is 18.4 Å². The van der Waals surface area contributed by atoms with Crippen LogP contribution in [0.3, 0.4) is 0 Å². The second-order valence-corrected chi connectivity index (χ2v) is 6.07. The van der Waals surface area contributed by atoms with Crippen molar-refractivity contribution < 1.29 is 32.3 Å². The van der Waals surface area contributed by atoms with Crippen molar-refractivity contribution in [2.45, 2.75) is 38.0 Å². The van der Waals surface area contributed by atoms with Crippen LogP contribution in [0.15, 0.2) is 18.2 Å². The molecule has 2 amide bonds. The summed E-state index contributed by atoms with van der Waals surface area (Å²) >= 11 is 0. The molecule has 6 nitrogen and oxygen atoms in total. The molecule has 1 saturated carbocycles. The molecule has 1 aromatic rings. The molecular weight excluding hydrogens is 358 g/mol. The van der Waals surface area contributed by atoms with E-state index in [9.17, 15) is 27.2 Å². The van der Waals surface area contributed by atoms with E-state index in [1.54, 1.807) is 4.90 Å². The van der Waals surface area contributed by atoms with Gasteiger partial charge in [-0.2, -0.15) is 13.2 Å². The number of carbonyl (C=O) groups is 2. The summed E-state index contributed by atoms with van der Waals surface area (Å²) in [5.41, 5.74) is -1.80. The monoisotopic (exact) mass is 377 g/mol. The highest BCUT2D eigenvalue weighted by Gasteiger charge is 2.36. The Morgan fingerprint density at radius 3 is 2.50 bits per heavy atom. The van der Waals surface area contributed by atoms with E-state index in [2.05, 4.69) is 10.6 Å². The fourth-order valence-corrected chi connectivity index (χ4v) is 2.88. The smallest absolute Gasteiger partial charge is 0.418 e. The average Bonchev–Trinajstić information content (AvgIpc) is 2.49. The van der Waals surface area contributed by atoms with E-state index >= 15 is 0 Å². The average molecular weight is 377 g/mol. The molecule has 0 radical (unpaired) electrons. The highest BCUT2D eigenvalue weighted by atomic mass is 19.4. The summed E-state index contributed by atoms with van der Waals surface area (Å²) in [6, 6.07) is 0.907. The molecule has 26 heavy (non-hydrogen) atoms. The van der Waals surface area contributed by atoms with E-state index in [1.807, 2.05) is 6.92 Å². The molecule has 1 fully saturated rings. The summed E-state index contributed by atoms with van der Waals surface area (Å²) < 4.78 is 51.8. The number of halogens is 4. The molecule has 0 heterocycles. The van der Waals surface area contributed by atoms with Gasteiger partial charge in [0.15, 0.2) is 0 Å². The minimum Gasteiger partial charge on any atom is -0.480 e. The molecule has 2 rings (SSSR count). The molecule has 3 N–H and O–H groups in total. The Balaban J connectivity index is 1.90. The number of anilines is 1. The topological polar surface area (TPSA) is 81.7 Å². The van der Waals surface area contributed by atoms with Crippen LogP contribution < -0.4 is 10.6 Å². The maximum Gasteiger partial charge on any atom is 0.418 e. The molecule has 10 heteroatoms. The third-order valence-electron chi connectivity index (χ3n) is 4.24. The molecular formula is C16H19F4N3O3. The molecule has 0 saturated heterocycles. The number of alkyl halides is 3. The van der Waals surface area contributed by atoms with E-state index in [-0.39, 0.29) is 18.6 Å². The summed E-state index contributed by atoms with van der Waals surface area (Å²) in [6.45, 7) is 2.26. The van der Waals surface area contributed by atoms with E-state index in [4.69, 9.17) is 5.11 Å². The number of amides is 2. The molecule has 0 unspecified atom stereocenters. The largest absolute Gasteiger partial charge is 0.480 e. The summed E-state index contributed by atoms with van der Waals surface area (Å²) in [5.74, 6) is -2.00. The van der Waals surface area contributed by atoms with Gasteiger partial charge in [-0.05, 0) is 37.6 Å². The van der Waals surface area contributed by atoms with Crippen LogP contribution >= 0.6 is 0 Å². The summed E-state index contributed by atoms with van der Waals surface area (Å²) in [7, 11) is 0. The first-order valence-corrected chi connectivity index (χ1v) is 8.00. The zero-order valence-electron chi connectivity index (χ0n) is 13.9. The number of rotatable bonds is 6. The Kier molecular flexibility index (Phi) is 6.06. The number of carboxylic acids is 1. The Morgan fingerprint density at radius 1 is 1.31 bits per heavy atom. The maximum atomic E-state index is 13.1. The molecule has 1 aromatic carbocycles. The summed E-state index contributed by atoms with van der Waals surface area (Å²) in [6.07, 6.45) is -3.79. The van der Waals surface area contributed by atoms with E-state index in [0.717, 1.165) is 12.1 Å². The predicted octanol–water partition coefficient (Wildman–Crippen LogP) is 2.90. The second-order valence-electron chi connectivity index (χ2n) is 6.07. The molecule has 1 aliphatic rings. The van der Waals surface area contributed by atoms with Crippen LogP contribution in [-0.4, -0.2) is 47.2 Å². The maximum absolute atomic E-state index is 13.1. The standard InChI is InChI=1S/C16H19F4N3O3/c1-2-23(8-14(24)25)11-6-10(7-11)21-15(26)22-13-4-3-9(17)5-12(13)16(18,19)20/h3-5,10-11H,2,6-8H2,1H3,(H,24,25)(H2,21,22,26). The van der Waals surface area contributed by atoms with Gasteiger partial charge in [0, 0.05) is 12.1 Å². The number of carbonyl (C=O) groups excluding carboxylic acids is 1. The Morgan fingerprint density at radius 2 is 1.96 bits per heavy atom. The van der Waals surface area contributed by atoms with Gasteiger partial charge in [-0.1, -0.05) is 6.92 Å². The van der Waals surface area contributed by atoms with Gasteiger partial charge in [-0.15, -0.1) is 0 Å². The van der Waals surface area contributed by atoms with Crippen LogP contribution in [0, 0.1) is 5.82 Å². The number of nitrogens with zero attached hydrogens (tertiary/aromatic N) is 1.